The fourth-order valence-corrected chi connectivity index (χ4v) is 3.16. The summed E-state index contributed by atoms with van der Waals surface area (Å²) in [6.07, 6.45) is 2.56. The number of hydrogen-bond acceptors (Lipinski definition) is 5. The minimum Gasteiger partial charge on any atom is -0.388 e. The van der Waals surface area contributed by atoms with Gasteiger partial charge in [0.05, 0.1) is 6.10 Å². The average molecular weight is 343 g/mol. The molecule has 0 saturated heterocycles. The van der Waals surface area contributed by atoms with Gasteiger partial charge < -0.3 is 10.4 Å². The van der Waals surface area contributed by atoms with Crippen LogP contribution in [0.1, 0.15) is 35.4 Å². The molecule has 0 spiro atoms. The summed E-state index contributed by atoms with van der Waals surface area (Å²) in [5.41, 5.74) is 0.390. The molecule has 0 aliphatic rings. The van der Waals surface area contributed by atoms with E-state index in [-0.39, 0.29) is 11.6 Å². The molecule has 2 aromatic heterocycles. The van der Waals surface area contributed by atoms with Gasteiger partial charge in [0.2, 0.25) is 0 Å². The van der Waals surface area contributed by atoms with Crippen molar-refractivity contribution in [3.8, 4) is 0 Å². The number of nitrogens with one attached hydrogen (secondary N) is 1. The standard InChI is InChI=1S/C17H17N3O3S/c1-11(9-14(21)12-5-3-2-4-6-12)19-15(22)13-10-18-17-20(16(13)23)7-8-24-17/h2-8,10-11,14,21H,9H2,1H3,(H,19,22). The number of benzene rings is 1. The van der Waals surface area contributed by atoms with E-state index in [1.54, 1.807) is 18.5 Å². The van der Waals surface area contributed by atoms with Crippen molar-refractivity contribution in [1.29, 1.82) is 0 Å². The van der Waals surface area contributed by atoms with Crippen LogP contribution in [0.4, 0.5) is 0 Å². The summed E-state index contributed by atoms with van der Waals surface area (Å²) in [6, 6.07) is 8.95. The van der Waals surface area contributed by atoms with Crippen LogP contribution in [0.2, 0.25) is 0 Å². The van der Waals surface area contributed by atoms with Crippen LogP contribution in [0.5, 0.6) is 0 Å². The maximum atomic E-state index is 12.3. The van der Waals surface area contributed by atoms with E-state index in [2.05, 4.69) is 10.3 Å². The highest BCUT2D eigenvalue weighted by Gasteiger charge is 2.18. The lowest BCUT2D eigenvalue weighted by Crippen LogP contribution is -2.37. The molecule has 0 radical (unpaired) electrons. The van der Waals surface area contributed by atoms with Gasteiger partial charge in [0.25, 0.3) is 11.5 Å². The molecule has 1 amide bonds. The van der Waals surface area contributed by atoms with E-state index in [4.69, 9.17) is 0 Å². The van der Waals surface area contributed by atoms with Crippen LogP contribution in [0.15, 0.2) is 52.9 Å². The first-order valence-electron chi connectivity index (χ1n) is 7.55. The maximum absolute atomic E-state index is 12.3. The smallest absolute Gasteiger partial charge is 0.271 e. The topological polar surface area (TPSA) is 83.7 Å². The molecule has 6 nitrogen and oxygen atoms in total. The number of fused-ring (bicyclic) bond motifs is 1. The third-order valence-electron chi connectivity index (χ3n) is 3.73. The molecule has 2 heterocycles. The molecular weight excluding hydrogens is 326 g/mol. The van der Waals surface area contributed by atoms with Crippen LogP contribution in [0.25, 0.3) is 4.96 Å². The van der Waals surface area contributed by atoms with Gasteiger partial charge in [0.1, 0.15) is 5.56 Å². The van der Waals surface area contributed by atoms with Crippen LogP contribution in [0.3, 0.4) is 0 Å². The van der Waals surface area contributed by atoms with Crippen molar-refractivity contribution in [1.82, 2.24) is 14.7 Å². The number of thiazole rings is 1. The first-order chi connectivity index (χ1) is 11.6. The van der Waals surface area contributed by atoms with E-state index in [1.165, 1.54) is 21.9 Å². The van der Waals surface area contributed by atoms with Gasteiger partial charge in [-0.15, -0.1) is 11.3 Å². The van der Waals surface area contributed by atoms with Gasteiger partial charge in [-0.2, -0.15) is 0 Å². The van der Waals surface area contributed by atoms with Crippen molar-refractivity contribution in [2.24, 2.45) is 0 Å². The van der Waals surface area contributed by atoms with Gasteiger partial charge in [-0.25, -0.2) is 4.98 Å². The monoisotopic (exact) mass is 343 g/mol. The van der Waals surface area contributed by atoms with Gasteiger partial charge in [0.15, 0.2) is 4.96 Å². The summed E-state index contributed by atoms with van der Waals surface area (Å²) in [6.45, 7) is 1.79. The Morgan fingerprint density at radius 3 is 2.88 bits per heavy atom. The fraction of sp³-hybridized carbons (Fsp3) is 0.235. The molecule has 2 unspecified atom stereocenters. The van der Waals surface area contributed by atoms with Crippen molar-refractivity contribution in [2.45, 2.75) is 25.5 Å². The lowest BCUT2D eigenvalue weighted by molar-refractivity contribution is 0.0915. The van der Waals surface area contributed by atoms with Crippen molar-refractivity contribution in [3.63, 3.8) is 0 Å². The second kappa shape index (κ2) is 6.94. The summed E-state index contributed by atoms with van der Waals surface area (Å²) < 4.78 is 1.35. The van der Waals surface area contributed by atoms with Crippen molar-refractivity contribution >= 4 is 22.2 Å². The second-order valence-corrected chi connectivity index (χ2v) is 6.44. The quantitative estimate of drug-likeness (QED) is 0.742. The molecule has 3 aromatic rings. The van der Waals surface area contributed by atoms with E-state index in [9.17, 15) is 14.7 Å². The third-order valence-corrected chi connectivity index (χ3v) is 4.50. The first-order valence-corrected chi connectivity index (χ1v) is 8.43. The van der Waals surface area contributed by atoms with Gasteiger partial charge in [0, 0.05) is 23.8 Å². The Hall–Kier alpha value is -2.51. The van der Waals surface area contributed by atoms with Crippen LogP contribution in [-0.2, 0) is 0 Å². The number of aromatic nitrogens is 2. The second-order valence-electron chi connectivity index (χ2n) is 5.57. The molecule has 0 fully saturated rings. The molecule has 0 aliphatic carbocycles. The summed E-state index contributed by atoms with van der Waals surface area (Å²) in [5, 5.41) is 14.7. The molecule has 2 atom stereocenters. The Kier molecular flexibility index (Phi) is 4.73. The van der Waals surface area contributed by atoms with Crippen LogP contribution >= 0.6 is 11.3 Å². The number of rotatable bonds is 5. The fourth-order valence-electron chi connectivity index (χ4n) is 2.49. The van der Waals surface area contributed by atoms with Gasteiger partial charge in [-0.05, 0) is 18.9 Å². The molecule has 24 heavy (non-hydrogen) atoms. The summed E-state index contributed by atoms with van der Waals surface area (Å²) >= 11 is 1.33. The van der Waals surface area contributed by atoms with E-state index in [1.807, 2.05) is 30.3 Å². The predicted molar refractivity (Wildman–Crippen MR) is 92.3 cm³/mol. The zero-order chi connectivity index (χ0) is 17.1. The maximum Gasteiger partial charge on any atom is 0.271 e. The van der Waals surface area contributed by atoms with E-state index < -0.39 is 17.6 Å². The number of nitrogens with zero attached hydrogens (tertiary/aromatic N) is 2. The number of aliphatic hydroxyl groups excluding tert-OH is 1. The minimum absolute atomic E-state index is 0.00745. The lowest BCUT2D eigenvalue weighted by atomic mass is 10.0. The molecule has 124 valence electrons. The molecule has 2 N–H and O–H groups in total. The Balaban J connectivity index is 1.69. The summed E-state index contributed by atoms with van der Waals surface area (Å²) in [5.74, 6) is -0.485. The van der Waals surface area contributed by atoms with Gasteiger partial charge >= 0.3 is 0 Å². The third kappa shape index (κ3) is 3.37. The Labute approximate surface area is 142 Å². The van der Waals surface area contributed by atoms with Crippen LogP contribution in [-0.4, -0.2) is 26.4 Å². The van der Waals surface area contributed by atoms with Crippen molar-refractivity contribution in [3.05, 3.63) is 69.6 Å². The zero-order valence-electron chi connectivity index (χ0n) is 13.0. The number of aliphatic hydroxyl groups is 1. The van der Waals surface area contributed by atoms with E-state index >= 15 is 0 Å². The normalized spacial score (nSPS) is 13.6. The van der Waals surface area contributed by atoms with Crippen LogP contribution < -0.4 is 10.9 Å². The van der Waals surface area contributed by atoms with Gasteiger partial charge in [-0.1, -0.05) is 30.3 Å². The number of carbonyl (C=O) groups excluding carboxylic acids is 1. The number of hydrogen-bond donors (Lipinski definition) is 2. The van der Waals surface area contributed by atoms with Gasteiger partial charge in [-0.3, -0.25) is 14.0 Å². The van der Waals surface area contributed by atoms with Crippen molar-refractivity contribution in [2.75, 3.05) is 0 Å². The van der Waals surface area contributed by atoms with Crippen molar-refractivity contribution < 1.29 is 9.90 Å². The number of amides is 1. The Bertz CT molecular complexity index is 904. The number of carbonyl (C=O) groups is 1. The van der Waals surface area contributed by atoms with E-state index in [0.29, 0.717) is 11.4 Å². The minimum atomic E-state index is -0.680. The highest BCUT2D eigenvalue weighted by Crippen LogP contribution is 2.17. The first kappa shape index (κ1) is 16.4. The SMILES string of the molecule is CC(CC(O)c1ccccc1)NC(=O)c1cnc2sccn2c1=O. The van der Waals surface area contributed by atoms with Crippen LogP contribution in [0, 0.1) is 0 Å². The molecular formula is C17H17N3O3S. The molecule has 1 aromatic carbocycles. The summed E-state index contributed by atoms with van der Waals surface area (Å²) in [4.78, 5) is 29.2. The molecule has 0 bridgehead atoms. The Morgan fingerprint density at radius 1 is 1.38 bits per heavy atom. The largest absolute Gasteiger partial charge is 0.388 e. The lowest BCUT2D eigenvalue weighted by Gasteiger charge is -2.18. The molecule has 0 saturated carbocycles. The zero-order valence-corrected chi connectivity index (χ0v) is 13.9. The Morgan fingerprint density at radius 2 is 2.12 bits per heavy atom. The highest BCUT2D eigenvalue weighted by molar-refractivity contribution is 7.15. The molecule has 3 rings (SSSR count). The molecule has 0 aliphatic heterocycles. The highest BCUT2D eigenvalue weighted by atomic mass is 32.1. The average Bonchev–Trinajstić information content (AvgIpc) is 3.05. The van der Waals surface area contributed by atoms with E-state index in [0.717, 1.165) is 5.56 Å². The predicted octanol–water partition coefficient (Wildman–Crippen LogP) is 2.00. The summed E-state index contributed by atoms with van der Waals surface area (Å²) in [7, 11) is 0. The molecule has 7 heteroatoms.